The Balaban J connectivity index is 1.83. The van der Waals surface area contributed by atoms with E-state index in [1.54, 1.807) is 22.5 Å². The maximum atomic E-state index is 13.0. The minimum atomic E-state index is -3.44. The number of nitrogens with one attached hydrogen (secondary N) is 1. The number of nitrogens with zero attached hydrogens (tertiary/aromatic N) is 1. The molecule has 2 fully saturated rings. The van der Waals surface area contributed by atoms with E-state index >= 15 is 0 Å². The Morgan fingerprint density at radius 1 is 1.22 bits per heavy atom. The number of aryl methyl sites for hydroxylation is 1. The number of rotatable bonds is 4. The Morgan fingerprint density at radius 3 is 2.65 bits per heavy atom. The van der Waals surface area contributed by atoms with E-state index in [0.717, 1.165) is 24.2 Å². The van der Waals surface area contributed by atoms with Gasteiger partial charge in [0.2, 0.25) is 10.0 Å². The zero-order valence-corrected chi connectivity index (χ0v) is 14.9. The van der Waals surface area contributed by atoms with Crippen molar-refractivity contribution in [1.29, 1.82) is 0 Å². The standard InChI is InChI=1S/C17H26N2O3S/c1-12(2)22-17-7-6-16(10-13(17)3)23(20,21)19-9-8-14-4-5-15(11-19)18-14/h6-7,10,12,14-15,18H,4-5,8-9,11H2,1-3H3. The van der Waals surface area contributed by atoms with Gasteiger partial charge in [0, 0.05) is 25.2 Å². The van der Waals surface area contributed by atoms with Gasteiger partial charge in [-0.1, -0.05) is 0 Å². The molecule has 2 saturated heterocycles. The molecular weight excluding hydrogens is 312 g/mol. The van der Waals surface area contributed by atoms with Crippen LogP contribution in [0.15, 0.2) is 23.1 Å². The molecule has 2 bridgehead atoms. The molecule has 128 valence electrons. The fourth-order valence-corrected chi connectivity index (χ4v) is 5.03. The van der Waals surface area contributed by atoms with Crippen molar-refractivity contribution in [3.8, 4) is 5.75 Å². The van der Waals surface area contributed by atoms with Gasteiger partial charge in [-0.25, -0.2) is 8.42 Å². The summed E-state index contributed by atoms with van der Waals surface area (Å²) in [5.74, 6) is 0.746. The van der Waals surface area contributed by atoms with Crippen molar-refractivity contribution < 1.29 is 13.2 Å². The molecule has 2 unspecified atom stereocenters. The lowest BCUT2D eigenvalue weighted by molar-refractivity contribution is 0.240. The average molecular weight is 338 g/mol. The predicted octanol–water partition coefficient (Wildman–Crippen LogP) is 2.30. The Bertz CT molecular complexity index is 672. The van der Waals surface area contributed by atoms with E-state index in [2.05, 4.69) is 5.32 Å². The van der Waals surface area contributed by atoms with Crippen LogP contribution < -0.4 is 10.1 Å². The third-order valence-electron chi connectivity index (χ3n) is 4.63. The molecule has 2 aliphatic heterocycles. The normalized spacial score (nSPS) is 25.6. The van der Waals surface area contributed by atoms with Gasteiger partial charge in [0.1, 0.15) is 5.75 Å². The summed E-state index contributed by atoms with van der Waals surface area (Å²) < 4.78 is 33.3. The van der Waals surface area contributed by atoms with Crippen molar-refractivity contribution in [1.82, 2.24) is 9.62 Å². The first-order chi connectivity index (χ1) is 10.9. The summed E-state index contributed by atoms with van der Waals surface area (Å²) in [5, 5.41) is 3.52. The molecule has 2 heterocycles. The Morgan fingerprint density at radius 2 is 1.96 bits per heavy atom. The molecule has 2 aliphatic rings. The van der Waals surface area contributed by atoms with Crippen LogP contribution >= 0.6 is 0 Å². The van der Waals surface area contributed by atoms with Crippen molar-refractivity contribution in [2.75, 3.05) is 13.1 Å². The second kappa shape index (κ2) is 6.42. The molecular formula is C17H26N2O3S. The van der Waals surface area contributed by atoms with Gasteiger partial charge in [0.15, 0.2) is 0 Å². The van der Waals surface area contributed by atoms with Crippen LogP contribution in [-0.4, -0.2) is 44.0 Å². The minimum absolute atomic E-state index is 0.0726. The third kappa shape index (κ3) is 3.54. The number of hydrogen-bond donors (Lipinski definition) is 1. The summed E-state index contributed by atoms with van der Waals surface area (Å²) in [5.41, 5.74) is 0.856. The predicted molar refractivity (Wildman–Crippen MR) is 90.3 cm³/mol. The molecule has 23 heavy (non-hydrogen) atoms. The zero-order chi connectivity index (χ0) is 16.6. The topological polar surface area (TPSA) is 58.6 Å². The van der Waals surface area contributed by atoms with Gasteiger partial charge < -0.3 is 10.1 Å². The number of benzene rings is 1. The molecule has 0 radical (unpaired) electrons. The SMILES string of the molecule is Cc1cc(S(=O)(=O)N2CCC3CCC(C2)N3)ccc1OC(C)C. The molecule has 1 aromatic rings. The zero-order valence-electron chi connectivity index (χ0n) is 14.1. The van der Waals surface area contributed by atoms with E-state index < -0.39 is 10.0 Å². The first-order valence-corrected chi connectivity index (χ1v) is 9.84. The lowest BCUT2D eigenvalue weighted by atomic mass is 10.1. The summed E-state index contributed by atoms with van der Waals surface area (Å²) >= 11 is 0. The molecule has 0 spiro atoms. The van der Waals surface area contributed by atoms with Gasteiger partial charge in [-0.15, -0.1) is 0 Å². The number of fused-ring (bicyclic) bond motifs is 2. The van der Waals surface area contributed by atoms with Gasteiger partial charge in [0.25, 0.3) is 0 Å². The first-order valence-electron chi connectivity index (χ1n) is 8.40. The molecule has 2 atom stereocenters. The van der Waals surface area contributed by atoms with Crippen molar-refractivity contribution in [2.24, 2.45) is 0 Å². The highest BCUT2D eigenvalue weighted by molar-refractivity contribution is 7.89. The summed E-state index contributed by atoms with van der Waals surface area (Å²) in [7, 11) is -3.44. The van der Waals surface area contributed by atoms with Crippen LogP contribution in [0.4, 0.5) is 0 Å². The highest BCUT2D eigenvalue weighted by atomic mass is 32.2. The van der Waals surface area contributed by atoms with Crippen LogP contribution in [0.1, 0.15) is 38.7 Å². The second-order valence-electron chi connectivity index (χ2n) is 6.88. The largest absolute Gasteiger partial charge is 0.491 e. The monoisotopic (exact) mass is 338 g/mol. The van der Waals surface area contributed by atoms with Crippen molar-refractivity contribution in [2.45, 2.75) is 63.1 Å². The fraction of sp³-hybridized carbons (Fsp3) is 0.647. The molecule has 6 heteroatoms. The van der Waals surface area contributed by atoms with Gasteiger partial charge in [-0.2, -0.15) is 4.31 Å². The third-order valence-corrected chi connectivity index (χ3v) is 6.49. The Hall–Kier alpha value is -1.11. The average Bonchev–Trinajstić information content (AvgIpc) is 2.79. The summed E-state index contributed by atoms with van der Waals surface area (Å²) in [6, 6.07) is 5.93. The van der Waals surface area contributed by atoms with Crippen LogP contribution in [0.3, 0.4) is 0 Å². The second-order valence-corrected chi connectivity index (χ2v) is 8.82. The molecule has 0 aromatic heterocycles. The van der Waals surface area contributed by atoms with Crippen molar-refractivity contribution >= 4 is 10.0 Å². The minimum Gasteiger partial charge on any atom is -0.491 e. The molecule has 1 N–H and O–H groups in total. The molecule has 0 aliphatic carbocycles. The van der Waals surface area contributed by atoms with E-state index in [0.29, 0.717) is 30.1 Å². The lowest BCUT2D eigenvalue weighted by Crippen LogP contribution is -2.39. The van der Waals surface area contributed by atoms with E-state index in [1.807, 2.05) is 20.8 Å². The number of hydrogen-bond acceptors (Lipinski definition) is 4. The van der Waals surface area contributed by atoms with Gasteiger partial charge in [0.05, 0.1) is 11.0 Å². The Labute approximate surface area is 139 Å². The molecule has 0 saturated carbocycles. The lowest BCUT2D eigenvalue weighted by Gasteiger charge is -2.24. The number of ether oxygens (including phenoxy) is 1. The molecule has 3 rings (SSSR count). The van der Waals surface area contributed by atoms with Crippen LogP contribution in [-0.2, 0) is 10.0 Å². The van der Waals surface area contributed by atoms with Gasteiger partial charge >= 0.3 is 0 Å². The van der Waals surface area contributed by atoms with Crippen LogP contribution in [0.25, 0.3) is 0 Å². The summed E-state index contributed by atoms with van der Waals surface area (Å²) in [6.45, 7) is 6.98. The van der Waals surface area contributed by atoms with E-state index in [4.69, 9.17) is 4.74 Å². The van der Waals surface area contributed by atoms with E-state index in [1.165, 1.54) is 6.42 Å². The van der Waals surface area contributed by atoms with E-state index in [-0.39, 0.29) is 6.10 Å². The van der Waals surface area contributed by atoms with E-state index in [9.17, 15) is 8.42 Å². The Kier molecular flexibility index (Phi) is 4.67. The van der Waals surface area contributed by atoms with Crippen molar-refractivity contribution in [3.63, 3.8) is 0 Å². The van der Waals surface area contributed by atoms with Crippen LogP contribution in [0, 0.1) is 6.92 Å². The highest BCUT2D eigenvalue weighted by Crippen LogP contribution is 2.28. The summed E-state index contributed by atoms with van der Waals surface area (Å²) in [4.78, 5) is 0.365. The summed E-state index contributed by atoms with van der Waals surface area (Å²) in [6.07, 6.45) is 3.20. The smallest absolute Gasteiger partial charge is 0.243 e. The van der Waals surface area contributed by atoms with Crippen LogP contribution in [0.2, 0.25) is 0 Å². The molecule has 0 amide bonds. The maximum absolute atomic E-state index is 13.0. The van der Waals surface area contributed by atoms with Gasteiger partial charge in [-0.05, 0) is 63.8 Å². The molecule has 1 aromatic carbocycles. The highest BCUT2D eigenvalue weighted by Gasteiger charge is 2.35. The first kappa shape index (κ1) is 16.7. The van der Waals surface area contributed by atoms with Crippen LogP contribution in [0.5, 0.6) is 5.75 Å². The fourth-order valence-electron chi connectivity index (χ4n) is 3.45. The maximum Gasteiger partial charge on any atom is 0.243 e. The van der Waals surface area contributed by atoms with Gasteiger partial charge in [-0.3, -0.25) is 0 Å². The molecule has 5 nitrogen and oxygen atoms in total. The number of sulfonamides is 1. The quantitative estimate of drug-likeness (QED) is 0.915. The van der Waals surface area contributed by atoms with Crippen molar-refractivity contribution in [3.05, 3.63) is 23.8 Å².